The van der Waals surface area contributed by atoms with E-state index in [-0.39, 0.29) is 5.92 Å². The Morgan fingerprint density at radius 3 is 2.40 bits per heavy atom. The van der Waals surface area contributed by atoms with Crippen molar-refractivity contribution in [1.29, 1.82) is 0 Å². The summed E-state index contributed by atoms with van der Waals surface area (Å²) in [5, 5.41) is 9.36. The van der Waals surface area contributed by atoms with Crippen molar-refractivity contribution in [1.82, 2.24) is 9.80 Å². The first-order valence-corrected chi connectivity index (χ1v) is 8.29. The number of nitrogens with zero attached hydrogens (tertiary/aromatic N) is 2. The number of piperidine rings is 1. The summed E-state index contributed by atoms with van der Waals surface area (Å²) >= 11 is 0. The van der Waals surface area contributed by atoms with Gasteiger partial charge in [0.05, 0.1) is 5.92 Å². The minimum absolute atomic E-state index is 0.0950. The molecule has 0 spiro atoms. The third kappa shape index (κ3) is 2.60. The first-order valence-electron chi connectivity index (χ1n) is 8.29. The molecule has 3 saturated heterocycles. The van der Waals surface area contributed by atoms with Gasteiger partial charge in [-0.1, -0.05) is 13.8 Å². The number of rotatable bonds is 4. The van der Waals surface area contributed by atoms with Gasteiger partial charge >= 0.3 is 5.97 Å². The van der Waals surface area contributed by atoms with Crippen LogP contribution in [0.1, 0.15) is 46.0 Å². The average molecular weight is 280 g/mol. The molecule has 114 valence electrons. The van der Waals surface area contributed by atoms with Crippen LogP contribution in [-0.4, -0.2) is 58.6 Å². The predicted molar refractivity (Wildman–Crippen MR) is 78.7 cm³/mol. The summed E-state index contributed by atoms with van der Waals surface area (Å²) in [5.41, 5.74) is 0. The summed E-state index contributed by atoms with van der Waals surface area (Å²) in [6.45, 7) is 8.15. The summed E-state index contributed by atoms with van der Waals surface area (Å²) in [5.74, 6) is 0.0767. The molecule has 3 heterocycles. The Hall–Kier alpha value is -0.610. The molecule has 3 aliphatic rings. The number of hydrogen-bond acceptors (Lipinski definition) is 3. The molecule has 0 amide bonds. The lowest BCUT2D eigenvalue weighted by Crippen LogP contribution is -2.48. The zero-order valence-corrected chi connectivity index (χ0v) is 12.8. The molecule has 0 aliphatic carbocycles. The van der Waals surface area contributed by atoms with Crippen molar-refractivity contribution in [3.05, 3.63) is 0 Å². The highest BCUT2D eigenvalue weighted by molar-refractivity contribution is 5.71. The van der Waals surface area contributed by atoms with Crippen LogP contribution in [-0.2, 0) is 4.79 Å². The Morgan fingerprint density at radius 2 is 1.85 bits per heavy atom. The van der Waals surface area contributed by atoms with Crippen LogP contribution in [0.4, 0.5) is 0 Å². The molecule has 0 aromatic rings. The quantitative estimate of drug-likeness (QED) is 0.856. The number of hydrogen-bond donors (Lipinski definition) is 1. The van der Waals surface area contributed by atoms with Crippen LogP contribution in [0.3, 0.4) is 0 Å². The fourth-order valence-corrected chi connectivity index (χ4v) is 4.78. The number of carboxylic acids is 1. The zero-order valence-electron chi connectivity index (χ0n) is 12.8. The number of fused-ring (bicyclic) bond motifs is 2. The van der Waals surface area contributed by atoms with E-state index < -0.39 is 5.97 Å². The van der Waals surface area contributed by atoms with Gasteiger partial charge in [-0.05, 0) is 51.1 Å². The zero-order chi connectivity index (χ0) is 14.3. The Balaban J connectivity index is 1.58. The lowest BCUT2D eigenvalue weighted by molar-refractivity contribution is -0.142. The van der Waals surface area contributed by atoms with Crippen molar-refractivity contribution in [2.24, 2.45) is 11.8 Å². The minimum atomic E-state index is -0.570. The van der Waals surface area contributed by atoms with Crippen LogP contribution in [0.5, 0.6) is 0 Å². The summed E-state index contributed by atoms with van der Waals surface area (Å²) in [6, 6.07) is 1.53. The normalized spacial score (nSPS) is 36.0. The molecule has 3 aliphatic heterocycles. The van der Waals surface area contributed by atoms with Crippen LogP contribution in [0, 0.1) is 11.8 Å². The minimum Gasteiger partial charge on any atom is -0.481 e. The Kier molecular flexibility index (Phi) is 4.04. The topological polar surface area (TPSA) is 43.8 Å². The molecule has 4 nitrogen and oxygen atoms in total. The Labute approximate surface area is 122 Å². The van der Waals surface area contributed by atoms with Gasteiger partial charge < -0.3 is 10.0 Å². The van der Waals surface area contributed by atoms with E-state index in [4.69, 9.17) is 0 Å². The van der Waals surface area contributed by atoms with Crippen molar-refractivity contribution in [2.45, 2.75) is 64.1 Å². The average Bonchev–Trinajstić information content (AvgIpc) is 2.96. The molecular formula is C16H28N2O2. The van der Waals surface area contributed by atoms with E-state index in [1.54, 1.807) is 0 Å². The first kappa shape index (κ1) is 14.3. The molecule has 1 N–H and O–H groups in total. The van der Waals surface area contributed by atoms with Gasteiger partial charge in [-0.25, -0.2) is 0 Å². The Bertz CT molecular complexity index is 363. The smallest absolute Gasteiger partial charge is 0.308 e. The van der Waals surface area contributed by atoms with Crippen LogP contribution in [0.15, 0.2) is 0 Å². The number of aliphatic carboxylic acids is 1. The third-order valence-electron chi connectivity index (χ3n) is 5.51. The lowest BCUT2D eigenvalue weighted by atomic mass is 9.89. The SMILES string of the molecule is CC(C)CN1CCC(N2C3CCC2C(C(=O)O)C3)CC1. The highest BCUT2D eigenvalue weighted by atomic mass is 16.4. The fraction of sp³-hybridized carbons (Fsp3) is 0.938. The molecular weight excluding hydrogens is 252 g/mol. The van der Waals surface area contributed by atoms with Crippen molar-refractivity contribution >= 4 is 5.97 Å². The van der Waals surface area contributed by atoms with Crippen molar-refractivity contribution in [2.75, 3.05) is 19.6 Å². The van der Waals surface area contributed by atoms with Gasteiger partial charge in [0, 0.05) is 24.7 Å². The Morgan fingerprint density at radius 1 is 1.15 bits per heavy atom. The summed E-state index contributed by atoms with van der Waals surface area (Å²) < 4.78 is 0. The molecule has 2 bridgehead atoms. The van der Waals surface area contributed by atoms with Gasteiger partial charge in [-0.3, -0.25) is 9.69 Å². The van der Waals surface area contributed by atoms with Crippen molar-refractivity contribution < 1.29 is 9.90 Å². The van der Waals surface area contributed by atoms with Gasteiger partial charge in [0.2, 0.25) is 0 Å². The van der Waals surface area contributed by atoms with Crippen molar-refractivity contribution in [3.8, 4) is 0 Å². The van der Waals surface area contributed by atoms with Crippen molar-refractivity contribution in [3.63, 3.8) is 0 Å². The highest BCUT2D eigenvalue weighted by Crippen LogP contribution is 2.44. The van der Waals surface area contributed by atoms with Crippen LogP contribution < -0.4 is 0 Å². The molecule has 4 heteroatoms. The predicted octanol–water partition coefficient (Wildman–Crippen LogP) is 2.04. The number of likely N-dealkylation sites (tertiary alicyclic amines) is 1. The maximum Gasteiger partial charge on any atom is 0.308 e. The molecule has 20 heavy (non-hydrogen) atoms. The molecule has 0 radical (unpaired) electrons. The maximum atomic E-state index is 11.4. The maximum absolute atomic E-state index is 11.4. The lowest BCUT2D eigenvalue weighted by Gasteiger charge is -2.39. The third-order valence-corrected chi connectivity index (χ3v) is 5.51. The molecule has 0 aromatic carbocycles. The molecule has 0 saturated carbocycles. The van der Waals surface area contributed by atoms with Crippen LogP contribution in [0.2, 0.25) is 0 Å². The molecule has 3 atom stereocenters. The van der Waals surface area contributed by atoms with E-state index in [9.17, 15) is 9.90 Å². The van der Waals surface area contributed by atoms with Gasteiger partial charge in [0.25, 0.3) is 0 Å². The summed E-state index contributed by atoms with van der Waals surface area (Å²) in [6.07, 6.45) is 5.68. The molecule has 3 rings (SSSR count). The number of carbonyl (C=O) groups is 1. The van der Waals surface area contributed by atoms with Crippen LogP contribution >= 0.6 is 0 Å². The fourth-order valence-electron chi connectivity index (χ4n) is 4.78. The largest absolute Gasteiger partial charge is 0.481 e. The van der Waals surface area contributed by atoms with E-state index >= 15 is 0 Å². The highest BCUT2D eigenvalue weighted by Gasteiger charge is 2.51. The van der Waals surface area contributed by atoms with E-state index in [0.29, 0.717) is 18.1 Å². The van der Waals surface area contributed by atoms with Gasteiger partial charge in [0.1, 0.15) is 0 Å². The second kappa shape index (κ2) is 5.64. The van der Waals surface area contributed by atoms with E-state index in [0.717, 1.165) is 18.8 Å². The van der Waals surface area contributed by atoms with Gasteiger partial charge in [0.15, 0.2) is 0 Å². The molecule has 0 aromatic heterocycles. The number of carboxylic acid groups (broad SMARTS) is 1. The standard InChI is InChI=1S/C16H28N2O2/c1-11(2)10-17-7-5-12(6-8-17)18-13-3-4-15(18)14(9-13)16(19)20/h11-15H,3-10H2,1-2H3,(H,19,20). The van der Waals surface area contributed by atoms with Gasteiger partial charge in [-0.2, -0.15) is 0 Å². The van der Waals surface area contributed by atoms with E-state index in [1.807, 2.05) is 0 Å². The molecule has 3 fully saturated rings. The van der Waals surface area contributed by atoms with Crippen LogP contribution in [0.25, 0.3) is 0 Å². The summed E-state index contributed by atoms with van der Waals surface area (Å²) in [4.78, 5) is 16.5. The second-order valence-electron chi connectivity index (χ2n) is 7.35. The summed E-state index contributed by atoms with van der Waals surface area (Å²) in [7, 11) is 0. The van der Waals surface area contributed by atoms with E-state index in [2.05, 4.69) is 23.6 Å². The molecule has 3 unspecified atom stereocenters. The first-order chi connectivity index (χ1) is 9.56. The van der Waals surface area contributed by atoms with Gasteiger partial charge in [-0.15, -0.1) is 0 Å². The second-order valence-corrected chi connectivity index (χ2v) is 7.35. The monoisotopic (exact) mass is 280 g/mol. The van der Waals surface area contributed by atoms with E-state index in [1.165, 1.54) is 38.9 Å².